The lowest BCUT2D eigenvalue weighted by Crippen LogP contribution is -2.66. The van der Waals surface area contributed by atoms with E-state index in [-0.39, 0.29) is 17.2 Å². The Kier molecular flexibility index (Phi) is 8.28. The quantitative estimate of drug-likeness (QED) is 0.291. The Bertz CT molecular complexity index is 1170. The highest BCUT2D eigenvalue weighted by Gasteiger charge is 2.54. The Morgan fingerprint density at radius 1 is 0.868 bits per heavy atom. The van der Waals surface area contributed by atoms with Crippen molar-refractivity contribution in [3.63, 3.8) is 0 Å². The van der Waals surface area contributed by atoms with Crippen molar-refractivity contribution in [3.8, 4) is 0 Å². The van der Waals surface area contributed by atoms with Crippen LogP contribution in [-0.4, -0.2) is 64.9 Å². The van der Waals surface area contributed by atoms with E-state index in [4.69, 9.17) is 9.16 Å². The Morgan fingerprint density at radius 3 is 1.92 bits per heavy atom. The molecule has 0 spiro atoms. The Morgan fingerprint density at radius 2 is 1.42 bits per heavy atom. The van der Waals surface area contributed by atoms with Gasteiger partial charge in [-0.1, -0.05) is 93.6 Å². The Hall–Kier alpha value is -2.40. The molecule has 3 aromatic carbocycles. The fourth-order valence-corrected chi connectivity index (χ4v) is 9.92. The molecule has 4 rings (SSSR count). The first-order chi connectivity index (χ1) is 18.0. The fraction of sp³-hybridized carbons (Fsp3) is 0.400. The first-order valence-electron chi connectivity index (χ1n) is 12.9. The van der Waals surface area contributed by atoms with Crippen LogP contribution in [-0.2, 0) is 21.6 Å². The molecule has 0 aromatic heterocycles. The van der Waals surface area contributed by atoms with E-state index in [1.54, 1.807) is 18.2 Å². The maximum atomic E-state index is 11.3. The van der Waals surface area contributed by atoms with Crippen LogP contribution in [0.4, 0.5) is 0 Å². The summed E-state index contributed by atoms with van der Waals surface area (Å²) in [6.07, 6.45) is -6.34. The van der Waals surface area contributed by atoms with Gasteiger partial charge in [-0.3, -0.25) is 0 Å². The first kappa shape index (κ1) is 28.6. The zero-order valence-electron chi connectivity index (χ0n) is 22.3. The van der Waals surface area contributed by atoms with Crippen LogP contribution in [0.3, 0.4) is 0 Å². The molecule has 0 radical (unpaired) electrons. The number of ether oxygens (including phenoxy) is 1. The van der Waals surface area contributed by atoms with Gasteiger partial charge in [0.1, 0.15) is 24.4 Å². The second-order valence-corrected chi connectivity index (χ2v) is 15.4. The minimum Gasteiger partial charge on any atom is -0.403 e. The molecule has 0 amide bonds. The smallest absolute Gasteiger partial charge is 0.261 e. The van der Waals surface area contributed by atoms with Crippen molar-refractivity contribution in [3.05, 3.63) is 95.6 Å². The van der Waals surface area contributed by atoms with Crippen LogP contribution < -0.4 is 10.4 Å². The van der Waals surface area contributed by atoms with Crippen LogP contribution >= 0.6 is 0 Å². The number of aliphatic hydroxyl groups excluding tert-OH is 4. The maximum Gasteiger partial charge on any atom is 0.261 e. The topological polar surface area (TPSA) is 120 Å². The molecule has 5 N–H and O–H groups in total. The summed E-state index contributed by atoms with van der Waals surface area (Å²) in [6.45, 7) is 8.11. The van der Waals surface area contributed by atoms with Gasteiger partial charge in [-0.25, -0.2) is 0 Å². The van der Waals surface area contributed by atoms with E-state index in [2.05, 4.69) is 45.0 Å². The second-order valence-electron chi connectivity index (χ2n) is 11.1. The summed E-state index contributed by atoms with van der Waals surface area (Å²) in [5.41, 5.74) is 1.89. The normalized spacial score (nSPS) is 26.3. The summed E-state index contributed by atoms with van der Waals surface area (Å²) in [5, 5.41) is 54.1. The van der Waals surface area contributed by atoms with Crippen LogP contribution in [0.15, 0.2) is 78.9 Å². The summed E-state index contributed by atoms with van der Waals surface area (Å²) < 4.78 is 12.6. The van der Waals surface area contributed by atoms with Crippen molar-refractivity contribution >= 4 is 18.7 Å². The van der Waals surface area contributed by atoms with Gasteiger partial charge >= 0.3 is 0 Å². The average molecular weight is 539 g/mol. The van der Waals surface area contributed by atoms with E-state index in [1.165, 1.54) is 0 Å². The number of hydrogen-bond acceptors (Lipinski definition) is 7. The molecule has 0 saturated carbocycles. The molecule has 8 heteroatoms. The highest BCUT2D eigenvalue weighted by molar-refractivity contribution is 6.99. The van der Waals surface area contributed by atoms with Gasteiger partial charge in [-0.2, -0.15) is 0 Å². The maximum absolute atomic E-state index is 11.3. The zero-order valence-corrected chi connectivity index (χ0v) is 23.3. The molecule has 0 bridgehead atoms. The standard InChI is InChI=1S/C30H38O7Si/c1-20-15-16-22(30(35)28(34)27(33)26(32)25(18-31)37-30)17-21(20)19-36-38(29(2,3)4,23-11-7-5-8-12-23)24-13-9-6-10-14-24/h5-17,25-28,31-35H,18-19H2,1-4H3/t25-,26-,27+,28-,30+/m1/s1. The van der Waals surface area contributed by atoms with Crippen molar-refractivity contribution in [2.45, 2.75) is 69.5 Å². The third kappa shape index (κ3) is 4.99. The third-order valence-corrected chi connectivity index (χ3v) is 12.6. The molecule has 0 aliphatic carbocycles. The Balaban J connectivity index is 1.76. The molecule has 7 nitrogen and oxygen atoms in total. The SMILES string of the molecule is Cc1ccc([C@]2(O)O[C@H](CO)[C@@H](O)[C@H](O)[C@H]2O)cc1CO[Si](c1ccccc1)(c1ccccc1)C(C)(C)C. The van der Waals surface area contributed by atoms with Crippen molar-refractivity contribution in [2.24, 2.45) is 0 Å². The number of aryl methyl sites for hydroxylation is 1. The molecule has 1 fully saturated rings. The van der Waals surface area contributed by atoms with Crippen LogP contribution in [0.5, 0.6) is 0 Å². The van der Waals surface area contributed by atoms with Crippen molar-refractivity contribution < 1.29 is 34.7 Å². The molecule has 1 aliphatic rings. The lowest BCUT2D eigenvalue weighted by Gasteiger charge is -2.45. The summed E-state index contributed by atoms with van der Waals surface area (Å²) in [6, 6.07) is 25.6. The summed E-state index contributed by atoms with van der Waals surface area (Å²) in [5.74, 6) is -2.33. The van der Waals surface area contributed by atoms with E-state index in [0.29, 0.717) is 0 Å². The molecule has 1 aliphatic heterocycles. The van der Waals surface area contributed by atoms with Crippen molar-refractivity contribution in [1.82, 2.24) is 0 Å². The highest BCUT2D eigenvalue weighted by Crippen LogP contribution is 2.39. The van der Waals surface area contributed by atoms with Gasteiger partial charge in [0, 0.05) is 5.56 Å². The Labute approximate surface area is 225 Å². The predicted octanol–water partition coefficient (Wildman–Crippen LogP) is 1.69. The van der Waals surface area contributed by atoms with Crippen LogP contribution in [0, 0.1) is 6.92 Å². The molecule has 0 unspecified atom stereocenters. The van der Waals surface area contributed by atoms with Gasteiger partial charge in [0.2, 0.25) is 5.79 Å². The van der Waals surface area contributed by atoms with E-state index in [0.717, 1.165) is 21.5 Å². The highest BCUT2D eigenvalue weighted by atomic mass is 28.4. The zero-order chi connectivity index (χ0) is 27.7. The molecular formula is C30H38O7Si. The first-order valence-corrected chi connectivity index (χ1v) is 14.8. The van der Waals surface area contributed by atoms with Crippen LogP contribution in [0.2, 0.25) is 5.04 Å². The molecular weight excluding hydrogens is 500 g/mol. The molecule has 1 heterocycles. The molecule has 3 aromatic rings. The van der Waals surface area contributed by atoms with E-state index in [9.17, 15) is 25.5 Å². The monoisotopic (exact) mass is 538 g/mol. The second kappa shape index (κ2) is 11.0. The molecule has 1 saturated heterocycles. The van der Waals surface area contributed by atoms with Gasteiger partial charge in [-0.15, -0.1) is 0 Å². The van der Waals surface area contributed by atoms with Gasteiger partial charge in [0.05, 0.1) is 13.2 Å². The lowest BCUT2D eigenvalue weighted by atomic mass is 9.87. The number of rotatable bonds is 7. The van der Waals surface area contributed by atoms with Gasteiger partial charge in [0.25, 0.3) is 8.32 Å². The fourth-order valence-electron chi connectivity index (χ4n) is 5.39. The number of benzene rings is 3. The summed E-state index contributed by atoms with van der Waals surface area (Å²) >= 11 is 0. The number of aliphatic hydroxyl groups is 5. The molecule has 38 heavy (non-hydrogen) atoms. The minimum atomic E-state index is -2.83. The lowest BCUT2D eigenvalue weighted by molar-refractivity contribution is -0.357. The largest absolute Gasteiger partial charge is 0.403 e. The number of hydrogen-bond donors (Lipinski definition) is 5. The van der Waals surface area contributed by atoms with Crippen molar-refractivity contribution in [2.75, 3.05) is 6.61 Å². The summed E-state index contributed by atoms with van der Waals surface area (Å²) in [7, 11) is -2.83. The minimum absolute atomic E-state index is 0.195. The van der Waals surface area contributed by atoms with Crippen molar-refractivity contribution in [1.29, 1.82) is 0 Å². The van der Waals surface area contributed by atoms with Gasteiger partial charge < -0.3 is 34.7 Å². The molecule has 5 atom stereocenters. The van der Waals surface area contributed by atoms with E-state index in [1.807, 2.05) is 43.3 Å². The van der Waals surface area contributed by atoms with Gasteiger partial charge in [-0.05, 0) is 39.5 Å². The summed E-state index contributed by atoms with van der Waals surface area (Å²) in [4.78, 5) is 0. The molecule has 204 valence electrons. The predicted molar refractivity (Wildman–Crippen MR) is 147 cm³/mol. The third-order valence-electron chi connectivity index (χ3n) is 7.59. The van der Waals surface area contributed by atoms with Gasteiger partial charge in [0.15, 0.2) is 0 Å². The average Bonchev–Trinajstić information content (AvgIpc) is 2.91. The van der Waals surface area contributed by atoms with E-state index >= 15 is 0 Å². The van der Waals surface area contributed by atoms with Crippen LogP contribution in [0.25, 0.3) is 0 Å². The van der Waals surface area contributed by atoms with E-state index < -0.39 is 45.1 Å². The van der Waals surface area contributed by atoms with Crippen LogP contribution in [0.1, 0.15) is 37.5 Å².